The van der Waals surface area contributed by atoms with Gasteiger partial charge in [0.1, 0.15) is 11.5 Å². The van der Waals surface area contributed by atoms with Crippen molar-refractivity contribution in [2.24, 2.45) is 0 Å². The molecule has 2 nitrogen and oxygen atoms in total. The van der Waals surface area contributed by atoms with Gasteiger partial charge in [0.05, 0.1) is 0 Å². The SMILES string of the molecule is [CH2]c1ccc(-n2cccn2)c(F)c1. The Balaban J connectivity index is 2.53. The lowest BCUT2D eigenvalue weighted by Gasteiger charge is -2.02. The quantitative estimate of drug-likeness (QED) is 0.649. The fourth-order valence-corrected chi connectivity index (χ4v) is 1.15. The maximum Gasteiger partial charge on any atom is 0.149 e. The number of benzene rings is 1. The summed E-state index contributed by atoms with van der Waals surface area (Å²) in [5, 5.41) is 3.93. The van der Waals surface area contributed by atoms with Crippen molar-refractivity contribution >= 4 is 0 Å². The maximum absolute atomic E-state index is 13.3. The van der Waals surface area contributed by atoms with Crippen LogP contribution in [0.4, 0.5) is 4.39 Å². The molecule has 0 fully saturated rings. The molecule has 0 aliphatic carbocycles. The second-order valence-corrected chi connectivity index (χ2v) is 2.74. The van der Waals surface area contributed by atoms with Crippen molar-refractivity contribution in [1.82, 2.24) is 9.78 Å². The second kappa shape index (κ2) is 3.01. The Morgan fingerprint density at radius 3 is 2.85 bits per heavy atom. The minimum absolute atomic E-state index is 0.309. The third-order valence-electron chi connectivity index (χ3n) is 1.76. The summed E-state index contributed by atoms with van der Waals surface area (Å²) in [6.45, 7) is 3.63. The van der Waals surface area contributed by atoms with E-state index < -0.39 is 0 Å². The fourth-order valence-electron chi connectivity index (χ4n) is 1.15. The van der Waals surface area contributed by atoms with Crippen molar-refractivity contribution in [2.75, 3.05) is 0 Å². The molecule has 0 N–H and O–H groups in total. The topological polar surface area (TPSA) is 17.8 Å². The Kier molecular flexibility index (Phi) is 1.85. The van der Waals surface area contributed by atoms with Crippen molar-refractivity contribution < 1.29 is 4.39 Å². The third kappa shape index (κ3) is 1.45. The van der Waals surface area contributed by atoms with Crippen LogP contribution >= 0.6 is 0 Å². The average Bonchev–Trinajstić information content (AvgIpc) is 2.56. The van der Waals surface area contributed by atoms with Crippen LogP contribution in [0.25, 0.3) is 5.69 Å². The highest BCUT2D eigenvalue weighted by atomic mass is 19.1. The summed E-state index contributed by atoms with van der Waals surface area (Å²) in [5.74, 6) is -0.309. The molecule has 0 aliphatic rings. The molecule has 1 heterocycles. The molecule has 65 valence electrons. The Bertz CT molecular complexity index is 407. The summed E-state index contributed by atoms with van der Waals surface area (Å²) in [4.78, 5) is 0. The van der Waals surface area contributed by atoms with Crippen LogP contribution in [-0.4, -0.2) is 9.78 Å². The Morgan fingerprint density at radius 1 is 1.38 bits per heavy atom. The summed E-state index contributed by atoms with van der Waals surface area (Å²) < 4.78 is 14.8. The first-order valence-electron chi connectivity index (χ1n) is 3.89. The first-order valence-corrected chi connectivity index (χ1v) is 3.89. The van der Waals surface area contributed by atoms with E-state index in [1.165, 1.54) is 10.7 Å². The van der Waals surface area contributed by atoms with E-state index in [2.05, 4.69) is 12.0 Å². The minimum atomic E-state index is -0.309. The molecule has 0 unspecified atom stereocenters. The summed E-state index contributed by atoms with van der Waals surface area (Å²) in [7, 11) is 0. The Morgan fingerprint density at radius 2 is 2.23 bits per heavy atom. The zero-order valence-electron chi connectivity index (χ0n) is 6.94. The van der Waals surface area contributed by atoms with Gasteiger partial charge in [-0.3, -0.25) is 0 Å². The smallest absolute Gasteiger partial charge is 0.149 e. The standard InChI is InChI=1S/C10H8FN2/c1-8-3-4-10(9(11)7-8)13-6-2-5-12-13/h2-7H,1H2. The number of rotatable bonds is 1. The van der Waals surface area contributed by atoms with Gasteiger partial charge in [-0.2, -0.15) is 5.10 Å². The summed E-state index contributed by atoms with van der Waals surface area (Å²) >= 11 is 0. The van der Waals surface area contributed by atoms with Gasteiger partial charge in [-0.15, -0.1) is 0 Å². The highest BCUT2D eigenvalue weighted by Gasteiger charge is 2.03. The highest BCUT2D eigenvalue weighted by Crippen LogP contribution is 2.13. The molecule has 3 heteroatoms. The zero-order chi connectivity index (χ0) is 9.26. The van der Waals surface area contributed by atoms with Gasteiger partial charge in [0.25, 0.3) is 0 Å². The Hall–Kier alpha value is -1.64. The number of hydrogen-bond acceptors (Lipinski definition) is 1. The van der Waals surface area contributed by atoms with Crippen molar-refractivity contribution in [3.63, 3.8) is 0 Å². The largest absolute Gasteiger partial charge is 0.238 e. The van der Waals surface area contributed by atoms with E-state index in [0.29, 0.717) is 11.3 Å². The molecule has 0 atom stereocenters. The average molecular weight is 175 g/mol. The molecule has 1 radical (unpaired) electrons. The van der Waals surface area contributed by atoms with E-state index in [1.807, 2.05) is 0 Å². The molecule has 0 saturated carbocycles. The summed E-state index contributed by atoms with van der Waals surface area (Å²) in [6, 6.07) is 6.54. The molecule has 2 rings (SSSR count). The van der Waals surface area contributed by atoms with E-state index in [-0.39, 0.29) is 5.82 Å². The summed E-state index contributed by atoms with van der Waals surface area (Å²) in [5.41, 5.74) is 1.10. The van der Waals surface area contributed by atoms with Crippen molar-refractivity contribution in [1.29, 1.82) is 0 Å². The molecule has 0 aliphatic heterocycles. The number of halogens is 1. The van der Waals surface area contributed by atoms with Gasteiger partial charge in [-0.05, 0) is 30.7 Å². The van der Waals surface area contributed by atoms with Gasteiger partial charge >= 0.3 is 0 Å². The van der Waals surface area contributed by atoms with Crippen LogP contribution in [0.1, 0.15) is 5.56 Å². The molecular formula is C10H8FN2. The lowest BCUT2D eigenvalue weighted by Crippen LogP contribution is -1.97. The predicted octanol–water partition coefficient (Wildman–Crippen LogP) is 2.19. The molecule has 13 heavy (non-hydrogen) atoms. The highest BCUT2D eigenvalue weighted by molar-refractivity contribution is 5.36. The van der Waals surface area contributed by atoms with Crippen LogP contribution < -0.4 is 0 Å². The lowest BCUT2D eigenvalue weighted by molar-refractivity contribution is 0.610. The van der Waals surface area contributed by atoms with Gasteiger partial charge < -0.3 is 0 Å². The fraction of sp³-hybridized carbons (Fsp3) is 0. The molecule has 0 bridgehead atoms. The molecule has 2 aromatic rings. The van der Waals surface area contributed by atoms with Crippen molar-refractivity contribution in [3.05, 3.63) is 55.0 Å². The van der Waals surface area contributed by atoms with E-state index in [0.717, 1.165) is 0 Å². The molecule has 0 spiro atoms. The molecular weight excluding hydrogens is 167 g/mol. The van der Waals surface area contributed by atoms with Gasteiger partial charge in [-0.1, -0.05) is 6.07 Å². The van der Waals surface area contributed by atoms with Crippen LogP contribution in [0, 0.1) is 12.7 Å². The molecule has 1 aromatic heterocycles. The number of nitrogens with zero attached hydrogens (tertiary/aromatic N) is 2. The number of hydrogen-bond donors (Lipinski definition) is 0. The summed E-state index contributed by atoms with van der Waals surface area (Å²) in [6.07, 6.45) is 3.30. The zero-order valence-corrected chi connectivity index (χ0v) is 6.94. The van der Waals surface area contributed by atoms with Crippen LogP contribution in [0.3, 0.4) is 0 Å². The van der Waals surface area contributed by atoms with Crippen LogP contribution in [-0.2, 0) is 0 Å². The van der Waals surface area contributed by atoms with Gasteiger partial charge in [-0.25, -0.2) is 9.07 Å². The van der Waals surface area contributed by atoms with Crippen LogP contribution in [0.15, 0.2) is 36.7 Å². The molecule has 0 saturated heterocycles. The number of aromatic nitrogens is 2. The molecule has 1 aromatic carbocycles. The predicted molar refractivity (Wildman–Crippen MR) is 48.0 cm³/mol. The lowest BCUT2D eigenvalue weighted by atomic mass is 10.2. The van der Waals surface area contributed by atoms with Crippen LogP contribution in [0.5, 0.6) is 0 Å². The normalized spacial score (nSPS) is 10.3. The van der Waals surface area contributed by atoms with Gasteiger partial charge in [0.15, 0.2) is 0 Å². The molecule has 0 amide bonds. The van der Waals surface area contributed by atoms with E-state index in [1.54, 1.807) is 30.6 Å². The van der Waals surface area contributed by atoms with E-state index >= 15 is 0 Å². The van der Waals surface area contributed by atoms with Crippen molar-refractivity contribution in [3.8, 4) is 5.69 Å². The first-order chi connectivity index (χ1) is 6.27. The van der Waals surface area contributed by atoms with Crippen LogP contribution in [0.2, 0.25) is 0 Å². The Labute approximate surface area is 75.6 Å². The van der Waals surface area contributed by atoms with Gasteiger partial charge in [0.2, 0.25) is 0 Å². The van der Waals surface area contributed by atoms with Crippen molar-refractivity contribution in [2.45, 2.75) is 0 Å². The first kappa shape index (κ1) is 7.98. The minimum Gasteiger partial charge on any atom is -0.238 e. The van der Waals surface area contributed by atoms with Gasteiger partial charge in [0, 0.05) is 12.4 Å². The van der Waals surface area contributed by atoms with E-state index in [4.69, 9.17) is 0 Å². The maximum atomic E-state index is 13.3. The second-order valence-electron chi connectivity index (χ2n) is 2.74. The third-order valence-corrected chi connectivity index (χ3v) is 1.76. The monoisotopic (exact) mass is 175 g/mol. The van der Waals surface area contributed by atoms with E-state index in [9.17, 15) is 4.39 Å².